The summed E-state index contributed by atoms with van der Waals surface area (Å²) in [6, 6.07) is 5.11. The second-order valence-corrected chi connectivity index (χ2v) is 3.47. The van der Waals surface area contributed by atoms with Gasteiger partial charge in [-0.1, -0.05) is 6.07 Å². The number of hydrogen-bond acceptors (Lipinski definition) is 4. The minimum Gasteiger partial charge on any atom is -0.504 e. The monoisotopic (exact) mass is 210 g/mol. The summed E-state index contributed by atoms with van der Waals surface area (Å²) in [5.74, 6) is 0.586. The molecule has 0 aromatic heterocycles. The number of methoxy groups -OCH3 is 1. The topological polar surface area (TPSA) is 81.5 Å². The Labute approximate surface area is 89.8 Å². The smallest absolute Gasteiger partial charge is 0.160 e. The summed E-state index contributed by atoms with van der Waals surface area (Å²) in [7, 11) is 1.52. The zero-order valence-corrected chi connectivity index (χ0v) is 8.94. The fourth-order valence-electron chi connectivity index (χ4n) is 1.43. The van der Waals surface area contributed by atoms with Crippen LogP contribution in [0.5, 0.6) is 11.5 Å². The molecule has 0 unspecified atom stereocenters. The number of aromatic hydroxyl groups is 1. The molecule has 0 aliphatic carbocycles. The molecule has 84 valence electrons. The van der Waals surface area contributed by atoms with Crippen molar-refractivity contribution in [1.29, 1.82) is 0 Å². The van der Waals surface area contributed by atoms with E-state index in [0.717, 1.165) is 18.4 Å². The maximum atomic E-state index is 9.41. The number of rotatable bonds is 5. The highest BCUT2D eigenvalue weighted by Crippen LogP contribution is 2.29. The molecule has 0 aliphatic heterocycles. The second kappa shape index (κ2) is 5.58. The number of phenolic OH excluding ortho intramolecular Hbond substituents is 1. The summed E-state index contributed by atoms with van der Waals surface area (Å²) in [4.78, 5) is 0. The summed E-state index contributed by atoms with van der Waals surface area (Å²) in [5, 5.41) is 9.41. The van der Waals surface area contributed by atoms with Crippen LogP contribution < -0.4 is 16.2 Å². The van der Waals surface area contributed by atoms with E-state index in [4.69, 9.17) is 16.2 Å². The molecule has 0 saturated heterocycles. The van der Waals surface area contributed by atoms with Gasteiger partial charge in [-0.2, -0.15) is 0 Å². The van der Waals surface area contributed by atoms with Gasteiger partial charge in [0, 0.05) is 6.04 Å². The van der Waals surface area contributed by atoms with Crippen LogP contribution in [0.1, 0.15) is 24.4 Å². The Morgan fingerprint density at radius 3 is 2.80 bits per heavy atom. The normalized spacial score (nSPS) is 12.5. The van der Waals surface area contributed by atoms with E-state index < -0.39 is 0 Å². The van der Waals surface area contributed by atoms with E-state index in [1.165, 1.54) is 7.11 Å². The first-order valence-corrected chi connectivity index (χ1v) is 5.01. The van der Waals surface area contributed by atoms with Crippen LogP contribution >= 0.6 is 0 Å². The predicted molar refractivity (Wildman–Crippen MR) is 59.9 cm³/mol. The molecule has 0 heterocycles. The maximum Gasteiger partial charge on any atom is 0.160 e. The van der Waals surface area contributed by atoms with E-state index in [0.29, 0.717) is 12.3 Å². The van der Waals surface area contributed by atoms with Gasteiger partial charge in [0.2, 0.25) is 0 Å². The Morgan fingerprint density at radius 1 is 1.47 bits per heavy atom. The van der Waals surface area contributed by atoms with Crippen molar-refractivity contribution in [1.82, 2.24) is 0 Å². The lowest BCUT2D eigenvalue weighted by Gasteiger charge is -2.13. The third kappa shape index (κ3) is 3.11. The van der Waals surface area contributed by atoms with Crippen LogP contribution in [0.3, 0.4) is 0 Å². The molecule has 0 bridgehead atoms. The third-order valence-corrected chi connectivity index (χ3v) is 2.35. The average molecular weight is 210 g/mol. The maximum absolute atomic E-state index is 9.41. The van der Waals surface area contributed by atoms with Gasteiger partial charge in [0.05, 0.1) is 7.11 Å². The van der Waals surface area contributed by atoms with Crippen molar-refractivity contribution in [3.8, 4) is 11.5 Å². The van der Waals surface area contributed by atoms with Gasteiger partial charge in [-0.25, -0.2) is 0 Å². The first kappa shape index (κ1) is 11.8. The van der Waals surface area contributed by atoms with Crippen molar-refractivity contribution in [3.63, 3.8) is 0 Å². The van der Waals surface area contributed by atoms with Crippen LogP contribution in [-0.2, 0) is 0 Å². The summed E-state index contributed by atoms with van der Waals surface area (Å²) >= 11 is 0. The molecule has 0 fully saturated rings. The van der Waals surface area contributed by atoms with Crippen LogP contribution in [0, 0.1) is 0 Å². The quantitative estimate of drug-likeness (QED) is 0.680. The highest BCUT2D eigenvalue weighted by Gasteiger charge is 2.08. The van der Waals surface area contributed by atoms with Crippen molar-refractivity contribution in [2.75, 3.05) is 13.7 Å². The lowest BCUT2D eigenvalue weighted by atomic mass is 10.0. The summed E-state index contributed by atoms with van der Waals surface area (Å²) < 4.78 is 5.01. The Hall–Kier alpha value is -1.26. The lowest BCUT2D eigenvalue weighted by Crippen LogP contribution is -2.12. The highest BCUT2D eigenvalue weighted by molar-refractivity contribution is 5.42. The zero-order chi connectivity index (χ0) is 11.3. The first-order valence-electron chi connectivity index (χ1n) is 5.01. The van der Waals surface area contributed by atoms with Gasteiger partial charge in [-0.15, -0.1) is 0 Å². The van der Waals surface area contributed by atoms with Crippen LogP contribution in [0.4, 0.5) is 0 Å². The molecule has 0 radical (unpaired) electrons. The van der Waals surface area contributed by atoms with Crippen LogP contribution in [0.25, 0.3) is 0 Å². The molecular weight excluding hydrogens is 192 g/mol. The molecule has 0 spiro atoms. The van der Waals surface area contributed by atoms with E-state index in [-0.39, 0.29) is 11.8 Å². The van der Waals surface area contributed by atoms with Crippen molar-refractivity contribution in [3.05, 3.63) is 23.8 Å². The Kier molecular flexibility index (Phi) is 4.39. The van der Waals surface area contributed by atoms with Crippen LogP contribution in [-0.4, -0.2) is 18.8 Å². The summed E-state index contributed by atoms with van der Waals surface area (Å²) in [6.45, 7) is 0.642. The predicted octanol–water partition coefficient (Wildman–Crippen LogP) is 1.14. The molecule has 1 aromatic rings. The van der Waals surface area contributed by atoms with Crippen LogP contribution in [0.2, 0.25) is 0 Å². The van der Waals surface area contributed by atoms with Gasteiger partial charge < -0.3 is 21.3 Å². The fraction of sp³-hybridized carbons (Fsp3) is 0.455. The number of hydrogen-bond donors (Lipinski definition) is 3. The Morgan fingerprint density at radius 2 is 2.20 bits per heavy atom. The first-order chi connectivity index (χ1) is 7.19. The number of nitrogens with two attached hydrogens (primary N) is 2. The molecule has 0 saturated carbocycles. The molecule has 0 aliphatic rings. The molecule has 5 N–H and O–H groups in total. The van der Waals surface area contributed by atoms with Crippen LogP contribution in [0.15, 0.2) is 18.2 Å². The van der Waals surface area contributed by atoms with Gasteiger partial charge in [-0.05, 0) is 37.1 Å². The number of phenols is 1. The Bertz CT molecular complexity index is 315. The molecule has 15 heavy (non-hydrogen) atoms. The standard InChI is InChI=1S/C11H18N2O2/c1-15-11-7-8(4-5-10(11)14)9(13)3-2-6-12/h4-5,7,9,14H,2-3,6,12-13H2,1H3/t9-/m0/s1. The minimum absolute atomic E-state index is 0.0527. The lowest BCUT2D eigenvalue weighted by molar-refractivity contribution is 0.372. The average Bonchev–Trinajstić information content (AvgIpc) is 2.26. The zero-order valence-electron chi connectivity index (χ0n) is 8.94. The summed E-state index contributed by atoms with van der Waals surface area (Å²) in [6.07, 6.45) is 1.73. The summed E-state index contributed by atoms with van der Waals surface area (Å²) in [5.41, 5.74) is 12.3. The Balaban J connectivity index is 2.76. The van der Waals surface area contributed by atoms with E-state index in [1.54, 1.807) is 18.2 Å². The van der Waals surface area contributed by atoms with E-state index in [2.05, 4.69) is 0 Å². The van der Waals surface area contributed by atoms with Crippen molar-refractivity contribution in [2.45, 2.75) is 18.9 Å². The van der Waals surface area contributed by atoms with Gasteiger partial charge >= 0.3 is 0 Å². The molecule has 4 nitrogen and oxygen atoms in total. The van der Waals surface area contributed by atoms with E-state index >= 15 is 0 Å². The number of ether oxygens (including phenoxy) is 1. The molecule has 1 atom stereocenters. The van der Waals surface area contributed by atoms with E-state index in [1.807, 2.05) is 0 Å². The number of benzene rings is 1. The minimum atomic E-state index is -0.0527. The van der Waals surface area contributed by atoms with Gasteiger partial charge in [0.25, 0.3) is 0 Å². The molecule has 4 heteroatoms. The van der Waals surface area contributed by atoms with Crippen molar-refractivity contribution in [2.24, 2.45) is 11.5 Å². The van der Waals surface area contributed by atoms with Gasteiger partial charge in [0.1, 0.15) is 0 Å². The van der Waals surface area contributed by atoms with Crippen molar-refractivity contribution < 1.29 is 9.84 Å². The second-order valence-electron chi connectivity index (χ2n) is 3.47. The highest BCUT2D eigenvalue weighted by atomic mass is 16.5. The van der Waals surface area contributed by atoms with Gasteiger partial charge in [0.15, 0.2) is 11.5 Å². The van der Waals surface area contributed by atoms with Gasteiger partial charge in [-0.3, -0.25) is 0 Å². The largest absolute Gasteiger partial charge is 0.504 e. The SMILES string of the molecule is COc1cc([C@@H](N)CCCN)ccc1O. The molecule has 0 amide bonds. The molecule has 1 rings (SSSR count). The van der Waals surface area contributed by atoms with Crippen molar-refractivity contribution >= 4 is 0 Å². The van der Waals surface area contributed by atoms with E-state index in [9.17, 15) is 5.11 Å². The third-order valence-electron chi connectivity index (χ3n) is 2.35. The fourth-order valence-corrected chi connectivity index (χ4v) is 1.43. The molecule has 1 aromatic carbocycles. The molecular formula is C11H18N2O2.